The van der Waals surface area contributed by atoms with Crippen molar-refractivity contribution in [2.24, 2.45) is 5.73 Å². The Kier molecular flexibility index (Phi) is 3.81. The molecular formula is C13H16N2O2S. The molecule has 96 valence electrons. The fourth-order valence-corrected chi connectivity index (χ4v) is 2.19. The average molecular weight is 264 g/mol. The number of rotatable bonds is 4. The molecular weight excluding hydrogens is 248 g/mol. The van der Waals surface area contributed by atoms with Gasteiger partial charge in [0, 0.05) is 6.42 Å². The van der Waals surface area contributed by atoms with Crippen molar-refractivity contribution in [3.05, 3.63) is 29.8 Å². The Morgan fingerprint density at radius 2 is 2.33 bits per heavy atom. The van der Waals surface area contributed by atoms with Gasteiger partial charge >= 0.3 is 0 Å². The van der Waals surface area contributed by atoms with Gasteiger partial charge in [-0.3, -0.25) is 4.79 Å². The highest BCUT2D eigenvalue weighted by molar-refractivity contribution is 7.80. The summed E-state index contributed by atoms with van der Waals surface area (Å²) < 4.78 is 5.60. The summed E-state index contributed by atoms with van der Waals surface area (Å²) in [6.45, 7) is 1.92. The molecule has 0 radical (unpaired) electrons. The summed E-state index contributed by atoms with van der Waals surface area (Å²) >= 11 is 4.90. The number of thiocarbonyl (C=S) groups is 1. The molecule has 5 heteroatoms. The zero-order valence-electron chi connectivity index (χ0n) is 10.2. The molecule has 0 aromatic heterocycles. The SMILES string of the molecule is CCC(NC(=O)C1Cc2ccccc2O1)C(N)=S. The van der Waals surface area contributed by atoms with Crippen molar-refractivity contribution in [3.8, 4) is 5.75 Å². The standard InChI is InChI=1S/C13H16N2O2S/c1-2-9(12(14)18)15-13(16)11-7-8-5-3-4-6-10(8)17-11/h3-6,9,11H,2,7H2,1H3,(H2,14,18)(H,15,16). The fraction of sp³-hybridized carbons (Fsp3) is 0.385. The summed E-state index contributed by atoms with van der Waals surface area (Å²) in [5.74, 6) is 0.617. The Morgan fingerprint density at radius 1 is 1.61 bits per heavy atom. The van der Waals surface area contributed by atoms with Crippen LogP contribution in [0.2, 0.25) is 0 Å². The summed E-state index contributed by atoms with van der Waals surface area (Å²) in [7, 11) is 0. The molecule has 1 aliphatic rings. The van der Waals surface area contributed by atoms with Gasteiger partial charge in [0.2, 0.25) is 0 Å². The monoisotopic (exact) mass is 264 g/mol. The van der Waals surface area contributed by atoms with E-state index in [9.17, 15) is 4.79 Å². The number of carbonyl (C=O) groups is 1. The minimum absolute atomic E-state index is 0.161. The molecule has 2 unspecified atom stereocenters. The van der Waals surface area contributed by atoms with Crippen LogP contribution in [0.3, 0.4) is 0 Å². The van der Waals surface area contributed by atoms with Crippen molar-refractivity contribution in [1.29, 1.82) is 0 Å². The molecule has 1 aromatic carbocycles. The summed E-state index contributed by atoms with van der Waals surface area (Å²) in [5, 5.41) is 2.81. The Hall–Kier alpha value is -1.62. The van der Waals surface area contributed by atoms with Crippen LogP contribution in [-0.4, -0.2) is 23.0 Å². The number of hydrogen-bond acceptors (Lipinski definition) is 3. The van der Waals surface area contributed by atoms with Crippen LogP contribution >= 0.6 is 12.2 Å². The second-order valence-electron chi connectivity index (χ2n) is 4.29. The van der Waals surface area contributed by atoms with Crippen molar-refractivity contribution in [1.82, 2.24) is 5.32 Å². The highest BCUT2D eigenvalue weighted by Gasteiger charge is 2.30. The summed E-state index contributed by atoms with van der Waals surface area (Å²) in [5.41, 5.74) is 6.61. The minimum atomic E-state index is -0.481. The van der Waals surface area contributed by atoms with Gasteiger partial charge < -0.3 is 15.8 Å². The molecule has 0 aliphatic carbocycles. The Morgan fingerprint density at radius 3 is 2.94 bits per heavy atom. The smallest absolute Gasteiger partial charge is 0.261 e. The van der Waals surface area contributed by atoms with Gasteiger partial charge in [-0.15, -0.1) is 0 Å². The molecule has 4 nitrogen and oxygen atoms in total. The fourth-order valence-electron chi connectivity index (χ4n) is 1.97. The zero-order valence-corrected chi connectivity index (χ0v) is 11.0. The topological polar surface area (TPSA) is 64.3 Å². The lowest BCUT2D eigenvalue weighted by Crippen LogP contribution is -2.48. The van der Waals surface area contributed by atoms with E-state index >= 15 is 0 Å². The van der Waals surface area contributed by atoms with Gasteiger partial charge in [-0.25, -0.2) is 0 Å². The third-order valence-electron chi connectivity index (χ3n) is 3.01. The molecule has 0 bridgehead atoms. The van der Waals surface area contributed by atoms with E-state index in [1.807, 2.05) is 31.2 Å². The Balaban J connectivity index is 1.99. The number of hydrogen-bond donors (Lipinski definition) is 2. The van der Waals surface area contributed by atoms with Gasteiger partial charge in [-0.2, -0.15) is 0 Å². The predicted molar refractivity (Wildman–Crippen MR) is 73.6 cm³/mol. The second kappa shape index (κ2) is 5.35. The molecule has 1 amide bonds. The molecule has 0 saturated heterocycles. The maximum absolute atomic E-state index is 12.0. The summed E-state index contributed by atoms with van der Waals surface area (Å²) in [6.07, 6.45) is 0.794. The lowest BCUT2D eigenvalue weighted by Gasteiger charge is -2.18. The van der Waals surface area contributed by atoms with Gasteiger partial charge in [0.25, 0.3) is 5.91 Å². The molecule has 1 aromatic rings. The zero-order chi connectivity index (χ0) is 13.1. The summed E-state index contributed by atoms with van der Waals surface area (Å²) in [6, 6.07) is 7.40. The Labute approximate surface area is 112 Å². The van der Waals surface area contributed by atoms with E-state index < -0.39 is 6.10 Å². The molecule has 1 heterocycles. The normalized spacial score (nSPS) is 18.6. The largest absolute Gasteiger partial charge is 0.480 e. The number of carbonyl (C=O) groups excluding carboxylic acids is 1. The van der Waals surface area contributed by atoms with Crippen LogP contribution in [0.1, 0.15) is 18.9 Å². The van der Waals surface area contributed by atoms with E-state index in [2.05, 4.69) is 5.32 Å². The van der Waals surface area contributed by atoms with Crippen LogP contribution < -0.4 is 15.8 Å². The molecule has 0 saturated carbocycles. The van der Waals surface area contributed by atoms with Crippen LogP contribution in [0.15, 0.2) is 24.3 Å². The second-order valence-corrected chi connectivity index (χ2v) is 4.76. The number of benzene rings is 1. The van der Waals surface area contributed by atoms with E-state index in [0.29, 0.717) is 17.8 Å². The van der Waals surface area contributed by atoms with Gasteiger partial charge in [0.05, 0.1) is 11.0 Å². The molecule has 0 fully saturated rings. The molecule has 2 rings (SSSR count). The highest BCUT2D eigenvalue weighted by atomic mass is 32.1. The first-order chi connectivity index (χ1) is 8.61. The van der Waals surface area contributed by atoms with Crippen LogP contribution in [0, 0.1) is 0 Å². The van der Waals surface area contributed by atoms with E-state index in [4.69, 9.17) is 22.7 Å². The van der Waals surface area contributed by atoms with Crippen molar-refractivity contribution >= 4 is 23.1 Å². The quantitative estimate of drug-likeness (QED) is 0.801. The van der Waals surface area contributed by atoms with Crippen molar-refractivity contribution < 1.29 is 9.53 Å². The molecule has 2 atom stereocenters. The van der Waals surface area contributed by atoms with Crippen LogP contribution in [0.25, 0.3) is 0 Å². The van der Waals surface area contributed by atoms with E-state index in [-0.39, 0.29) is 11.9 Å². The minimum Gasteiger partial charge on any atom is -0.480 e. The number of nitrogens with two attached hydrogens (primary N) is 1. The van der Waals surface area contributed by atoms with E-state index in [0.717, 1.165) is 11.3 Å². The lowest BCUT2D eigenvalue weighted by molar-refractivity contribution is -0.127. The number of nitrogens with one attached hydrogen (secondary N) is 1. The van der Waals surface area contributed by atoms with Gasteiger partial charge in [0.15, 0.2) is 6.10 Å². The molecule has 3 N–H and O–H groups in total. The summed E-state index contributed by atoms with van der Waals surface area (Å²) in [4.78, 5) is 12.3. The molecule has 18 heavy (non-hydrogen) atoms. The first-order valence-electron chi connectivity index (χ1n) is 5.96. The van der Waals surface area contributed by atoms with Crippen molar-refractivity contribution in [2.75, 3.05) is 0 Å². The first kappa shape index (κ1) is 12.8. The van der Waals surface area contributed by atoms with Crippen molar-refractivity contribution in [3.63, 3.8) is 0 Å². The van der Waals surface area contributed by atoms with Crippen LogP contribution in [0.4, 0.5) is 0 Å². The van der Waals surface area contributed by atoms with Gasteiger partial charge in [-0.05, 0) is 18.1 Å². The number of fused-ring (bicyclic) bond motifs is 1. The third-order valence-corrected chi connectivity index (χ3v) is 3.29. The van der Waals surface area contributed by atoms with Gasteiger partial charge in [0.1, 0.15) is 5.75 Å². The van der Waals surface area contributed by atoms with Crippen LogP contribution in [-0.2, 0) is 11.2 Å². The molecule has 1 aliphatic heterocycles. The number of amides is 1. The first-order valence-corrected chi connectivity index (χ1v) is 6.37. The Bertz CT molecular complexity index is 451. The lowest BCUT2D eigenvalue weighted by atomic mass is 10.1. The van der Waals surface area contributed by atoms with E-state index in [1.54, 1.807) is 0 Å². The van der Waals surface area contributed by atoms with E-state index in [1.165, 1.54) is 0 Å². The third kappa shape index (κ3) is 2.61. The maximum atomic E-state index is 12.0. The molecule has 0 spiro atoms. The number of ether oxygens (including phenoxy) is 1. The average Bonchev–Trinajstić information content (AvgIpc) is 2.79. The maximum Gasteiger partial charge on any atom is 0.261 e. The highest BCUT2D eigenvalue weighted by Crippen LogP contribution is 2.28. The van der Waals surface area contributed by atoms with Crippen molar-refractivity contribution in [2.45, 2.75) is 31.9 Å². The van der Waals surface area contributed by atoms with Crippen LogP contribution in [0.5, 0.6) is 5.75 Å². The van der Waals surface area contributed by atoms with Gasteiger partial charge in [-0.1, -0.05) is 37.3 Å². The number of para-hydroxylation sites is 1. The predicted octanol–water partition coefficient (Wildman–Crippen LogP) is 1.17.